The van der Waals surface area contributed by atoms with Crippen molar-refractivity contribution in [2.45, 2.75) is 33.4 Å². The van der Waals surface area contributed by atoms with Crippen LogP contribution in [-0.4, -0.2) is 16.9 Å². The van der Waals surface area contributed by atoms with Gasteiger partial charge in [0.15, 0.2) is 0 Å². The highest BCUT2D eigenvalue weighted by atomic mass is 32.1. The van der Waals surface area contributed by atoms with E-state index < -0.39 is 0 Å². The van der Waals surface area contributed by atoms with E-state index in [1.807, 2.05) is 25.1 Å². The summed E-state index contributed by atoms with van der Waals surface area (Å²) in [4.78, 5) is 8.18. The van der Waals surface area contributed by atoms with Gasteiger partial charge in [0.25, 0.3) is 0 Å². The Labute approximate surface area is 124 Å². The van der Waals surface area contributed by atoms with Gasteiger partial charge in [0.05, 0.1) is 28.4 Å². The summed E-state index contributed by atoms with van der Waals surface area (Å²) in [7, 11) is 2.10. The van der Waals surface area contributed by atoms with Crippen molar-refractivity contribution in [3.8, 4) is 6.07 Å². The molecule has 0 aliphatic heterocycles. The van der Waals surface area contributed by atoms with Gasteiger partial charge in [-0.3, -0.25) is 4.90 Å². The zero-order valence-electron chi connectivity index (χ0n) is 12.3. The van der Waals surface area contributed by atoms with E-state index >= 15 is 0 Å². The summed E-state index contributed by atoms with van der Waals surface area (Å²) in [5.74, 6) is 0. The van der Waals surface area contributed by atoms with E-state index in [1.54, 1.807) is 11.3 Å². The van der Waals surface area contributed by atoms with Gasteiger partial charge in [-0.25, -0.2) is 4.98 Å². The first-order chi connectivity index (χ1) is 9.51. The lowest BCUT2D eigenvalue weighted by Crippen LogP contribution is -2.22. The van der Waals surface area contributed by atoms with Crippen molar-refractivity contribution < 1.29 is 0 Å². The molecule has 0 bridgehead atoms. The van der Waals surface area contributed by atoms with Crippen LogP contribution in [0.1, 0.15) is 39.7 Å². The van der Waals surface area contributed by atoms with Gasteiger partial charge in [0, 0.05) is 11.4 Å². The number of benzene rings is 1. The predicted molar refractivity (Wildman–Crippen MR) is 82.6 cm³/mol. The van der Waals surface area contributed by atoms with Crippen molar-refractivity contribution >= 4 is 11.3 Å². The van der Waals surface area contributed by atoms with Crippen LogP contribution < -0.4 is 0 Å². The van der Waals surface area contributed by atoms with Gasteiger partial charge in [-0.1, -0.05) is 12.1 Å². The van der Waals surface area contributed by atoms with E-state index in [2.05, 4.69) is 42.9 Å². The minimum atomic E-state index is 0.269. The molecule has 1 aromatic heterocycles. The molecule has 1 unspecified atom stereocenters. The molecule has 1 heterocycles. The number of nitriles is 1. The molecule has 2 rings (SSSR count). The molecule has 0 fully saturated rings. The van der Waals surface area contributed by atoms with Gasteiger partial charge in [0.1, 0.15) is 0 Å². The van der Waals surface area contributed by atoms with E-state index in [4.69, 9.17) is 5.26 Å². The second-order valence-corrected chi connectivity index (χ2v) is 6.48. The summed E-state index contributed by atoms with van der Waals surface area (Å²) < 4.78 is 0. The molecule has 104 valence electrons. The number of hydrogen-bond donors (Lipinski definition) is 0. The summed E-state index contributed by atoms with van der Waals surface area (Å²) in [6.45, 7) is 7.16. The number of rotatable bonds is 4. The zero-order chi connectivity index (χ0) is 14.7. The summed E-state index contributed by atoms with van der Waals surface area (Å²) in [5.41, 5.74) is 3.03. The molecular weight excluding hydrogens is 266 g/mol. The van der Waals surface area contributed by atoms with Crippen LogP contribution in [0.2, 0.25) is 0 Å². The first-order valence-electron chi connectivity index (χ1n) is 6.64. The summed E-state index contributed by atoms with van der Waals surface area (Å²) in [6.07, 6.45) is 0. The van der Waals surface area contributed by atoms with Crippen molar-refractivity contribution in [1.29, 1.82) is 5.26 Å². The molecule has 0 aliphatic carbocycles. The Morgan fingerprint density at radius 2 is 2.15 bits per heavy atom. The van der Waals surface area contributed by atoms with Crippen LogP contribution in [0.5, 0.6) is 0 Å². The minimum absolute atomic E-state index is 0.269. The highest BCUT2D eigenvalue weighted by molar-refractivity contribution is 7.11. The Balaban J connectivity index is 2.13. The molecule has 0 N–H and O–H groups in total. The van der Waals surface area contributed by atoms with Crippen LogP contribution in [0.4, 0.5) is 0 Å². The fraction of sp³-hybridized carbons (Fsp3) is 0.375. The first-order valence-corrected chi connectivity index (χ1v) is 7.46. The fourth-order valence-electron chi connectivity index (χ4n) is 2.31. The quantitative estimate of drug-likeness (QED) is 0.857. The van der Waals surface area contributed by atoms with Crippen LogP contribution in [0.3, 0.4) is 0 Å². The van der Waals surface area contributed by atoms with E-state index in [1.165, 1.54) is 4.88 Å². The maximum absolute atomic E-state index is 8.95. The Bertz CT molecular complexity index is 639. The van der Waals surface area contributed by atoms with E-state index in [0.29, 0.717) is 5.56 Å². The number of aryl methyl sites for hydroxylation is 2. The van der Waals surface area contributed by atoms with Crippen molar-refractivity contribution in [3.05, 3.63) is 51.0 Å². The van der Waals surface area contributed by atoms with E-state index in [9.17, 15) is 0 Å². The number of nitrogens with zero attached hydrogens (tertiary/aromatic N) is 3. The van der Waals surface area contributed by atoms with Gasteiger partial charge < -0.3 is 0 Å². The van der Waals surface area contributed by atoms with Gasteiger partial charge in [0.2, 0.25) is 0 Å². The lowest BCUT2D eigenvalue weighted by atomic mass is 10.1. The average Bonchev–Trinajstić information content (AvgIpc) is 2.77. The molecule has 0 spiro atoms. The molecule has 0 saturated heterocycles. The lowest BCUT2D eigenvalue weighted by molar-refractivity contribution is 0.248. The topological polar surface area (TPSA) is 39.9 Å². The Morgan fingerprint density at radius 3 is 2.75 bits per heavy atom. The van der Waals surface area contributed by atoms with Crippen LogP contribution in [0.25, 0.3) is 0 Å². The van der Waals surface area contributed by atoms with E-state index in [-0.39, 0.29) is 6.04 Å². The molecule has 0 amide bonds. The largest absolute Gasteiger partial charge is 0.294 e. The fourth-order valence-corrected chi connectivity index (χ4v) is 3.21. The highest BCUT2D eigenvalue weighted by Gasteiger charge is 2.17. The molecule has 1 atom stereocenters. The van der Waals surface area contributed by atoms with Crippen molar-refractivity contribution in [3.63, 3.8) is 0 Å². The Hall–Kier alpha value is -1.70. The van der Waals surface area contributed by atoms with Gasteiger partial charge in [-0.05, 0) is 45.5 Å². The van der Waals surface area contributed by atoms with Crippen molar-refractivity contribution in [1.82, 2.24) is 9.88 Å². The van der Waals surface area contributed by atoms with Gasteiger partial charge in [-0.15, -0.1) is 11.3 Å². The lowest BCUT2D eigenvalue weighted by Gasteiger charge is -2.24. The molecule has 0 saturated carbocycles. The Kier molecular flexibility index (Phi) is 4.53. The van der Waals surface area contributed by atoms with Crippen molar-refractivity contribution in [2.24, 2.45) is 0 Å². The SMILES string of the molecule is Cc1nc(C(C)N(C)Cc2cccc(C#N)c2)c(C)s1. The number of hydrogen-bond acceptors (Lipinski definition) is 4. The third-order valence-electron chi connectivity index (χ3n) is 3.48. The van der Waals surface area contributed by atoms with E-state index in [0.717, 1.165) is 22.8 Å². The molecule has 1 aromatic carbocycles. The first kappa shape index (κ1) is 14.7. The molecule has 20 heavy (non-hydrogen) atoms. The zero-order valence-corrected chi connectivity index (χ0v) is 13.2. The smallest absolute Gasteiger partial charge is 0.0991 e. The summed E-state index contributed by atoms with van der Waals surface area (Å²) in [5, 5.41) is 10.1. The van der Waals surface area contributed by atoms with Crippen LogP contribution >= 0.6 is 11.3 Å². The normalized spacial score (nSPS) is 12.4. The summed E-state index contributed by atoms with van der Waals surface area (Å²) in [6, 6.07) is 10.2. The van der Waals surface area contributed by atoms with Gasteiger partial charge in [-0.2, -0.15) is 5.26 Å². The molecule has 4 heteroatoms. The summed E-state index contributed by atoms with van der Waals surface area (Å²) >= 11 is 1.75. The van der Waals surface area contributed by atoms with Crippen LogP contribution in [0, 0.1) is 25.2 Å². The third-order valence-corrected chi connectivity index (χ3v) is 4.39. The molecule has 3 nitrogen and oxygen atoms in total. The Morgan fingerprint density at radius 1 is 1.40 bits per heavy atom. The molecular formula is C16H19N3S. The average molecular weight is 285 g/mol. The molecule has 0 radical (unpaired) electrons. The monoisotopic (exact) mass is 285 g/mol. The molecule has 2 aromatic rings. The maximum atomic E-state index is 8.95. The second-order valence-electron chi connectivity index (χ2n) is 5.08. The number of thiazole rings is 1. The minimum Gasteiger partial charge on any atom is -0.294 e. The molecule has 0 aliphatic rings. The van der Waals surface area contributed by atoms with Crippen molar-refractivity contribution in [2.75, 3.05) is 7.05 Å². The number of aromatic nitrogens is 1. The highest BCUT2D eigenvalue weighted by Crippen LogP contribution is 2.26. The van der Waals surface area contributed by atoms with Gasteiger partial charge >= 0.3 is 0 Å². The predicted octanol–water partition coefficient (Wildman–Crippen LogP) is 3.82. The van der Waals surface area contributed by atoms with Crippen LogP contribution in [-0.2, 0) is 6.54 Å². The maximum Gasteiger partial charge on any atom is 0.0991 e. The second kappa shape index (κ2) is 6.17. The van der Waals surface area contributed by atoms with Crippen LogP contribution in [0.15, 0.2) is 24.3 Å². The third kappa shape index (κ3) is 3.24. The standard InChI is InChI=1S/C16H19N3S/c1-11(16-12(2)20-13(3)18-16)19(4)10-15-7-5-6-14(8-15)9-17/h5-8,11H,10H2,1-4H3.